The average molecular weight is 376 g/mol. The van der Waals surface area contributed by atoms with Crippen molar-refractivity contribution in [2.24, 2.45) is 0 Å². The van der Waals surface area contributed by atoms with Crippen molar-refractivity contribution in [1.29, 1.82) is 0 Å². The van der Waals surface area contributed by atoms with Crippen molar-refractivity contribution in [3.8, 4) is 0 Å². The number of fused-ring (bicyclic) bond motifs is 2. The van der Waals surface area contributed by atoms with Gasteiger partial charge in [-0.2, -0.15) is 0 Å². The Labute approximate surface area is 163 Å². The number of nitrogens with one attached hydrogen (secondary N) is 1. The topological polar surface area (TPSA) is 76.9 Å². The number of hydrogen-bond acceptors (Lipinski definition) is 4. The summed E-state index contributed by atoms with van der Waals surface area (Å²) in [6.45, 7) is 5.68. The Kier molecular flexibility index (Phi) is 4.71. The third-order valence-corrected chi connectivity index (χ3v) is 5.71. The molecule has 6 nitrogen and oxygen atoms in total. The molecule has 1 atom stereocenters. The second-order valence-corrected chi connectivity index (χ2v) is 7.54. The van der Waals surface area contributed by atoms with E-state index in [2.05, 4.69) is 15.3 Å². The first-order valence-electron chi connectivity index (χ1n) is 9.72. The first-order chi connectivity index (χ1) is 13.5. The van der Waals surface area contributed by atoms with Gasteiger partial charge in [0.15, 0.2) is 5.65 Å². The summed E-state index contributed by atoms with van der Waals surface area (Å²) in [6, 6.07) is 7.00. The van der Waals surface area contributed by atoms with Gasteiger partial charge in [0.1, 0.15) is 12.4 Å². The molecule has 0 radical (unpaired) electrons. The molecule has 0 saturated carbocycles. The van der Waals surface area contributed by atoms with E-state index in [9.17, 15) is 9.59 Å². The number of aromatic nitrogens is 3. The van der Waals surface area contributed by atoms with E-state index in [4.69, 9.17) is 0 Å². The lowest BCUT2D eigenvalue weighted by Crippen LogP contribution is -2.32. The fourth-order valence-electron chi connectivity index (χ4n) is 3.71. The van der Waals surface area contributed by atoms with Crippen LogP contribution in [0, 0.1) is 13.8 Å². The molecule has 1 N–H and O–H groups in total. The smallest absolute Gasteiger partial charge is 0.263 e. The van der Waals surface area contributed by atoms with Gasteiger partial charge in [-0.25, -0.2) is 9.97 Å². The predicted octanol–water partition coefficient (Wildman–Crippen LogP) is 3.49. The van der Waals surface area contributed by atoms with E-state index < -0.39 is 6.04 Å². The van der Waals surface area contributed by atoms with Gasteiger partial charge in [-0.3, -0.25) is 14.2 Å². The van der Waals surface area contributed by atoms with E-state index in [0.717, 1.165) is 53.8 Å². The SMILES string of the molecule is Cc1cccc(NC(=O)[C@H](C)n2cnc3nc4c(cc3c2=O)CCCC4)c1C. The number of amides is 1. The number of benzene rings is 1. The monoisotopic (exact) mass is 376 g/mol. The molecule has 28 heavy (non-hydrogen) atoms. The van der Waals surface area contributed by atoms with Crippen LogP contribution >= 0.6 is 0 Å². The maximum Gasteiger partial charge on any atom is 0.263 e. The molecule has 6 heteroatoms. The van der Waals surface area contributed by atoms with Crippen LogP contribution in [0.1, 0.15) is 48.2 Å². The maximum atomic E-state index is 13.0. The first kappa shape index (κ1) is 18.3. The third kappa shape index (κ3) is 3.19. The van der Waals surface area contributed by atoms with Crippen LogP contribution in [-0.2, 0) is 17.6 Å². The summed E-state index contributed by atoms with van der Waals surface area (Å²) in [4.78, 5) is 34.8. The summed E-state index contributed by atoms with van der Waals surface area (Å²) in [6.07, 6.45) is 5.54. The van der Waals surface area contributed by atoms with Gasteiger partial charge in [0, 0.05) is 11.4 Å². The molecule has 2 heterocycles. The van der Waals surface area contributed by atoms with Gasteiger partial charge in [0.2, 0.25) is 5.91 Å². The highest BCUT2D eigenvalue weighted by Gasteiger charge is 2.20. The number of carbonyl (C=O) groups is 1. The molecule has 0 fully saturated rings. The van der Waals surface area contributed by atoms with E-state index in [-0.39, 0.29) is 11.5 Å². The van der Waals surface area contributed by atoms with Crippen molar-refractivity contribution < 1.29 is 4.79 Å². The zero-order valence-corrected chi connectivity index (χ0v) is 16.5. The van der Waals surface area contributed by atoms with E-state index >= 15 is 0 Å². The van der Waals surface area contributed by atoms with Crippen molar-refractivity contribution >= 4 is 22.6 Å². The lowest BCUT2D eigenvalue weighted by atomic mass is 9.95. The Bertz CT molecular complexity index is 1130. The summed E-state index contributed by atoms with van der Waals surface area (Å²) >= 11 is 0. The Hall–Kier alpha value is -3.02. The summed E-state index contributed by atoms with van der Waals surface area (Å²) in [5, 5.41) is 3.41. The molecule has 1 aliphatic carbocycles. The number of nitrogens with zero attached hydrogens (tertiary/aromatic N) is 3. The summed E-state index contributed by atoms with van der Waals surface area (Å²) in [7, 11) is 0. The number of anilines is 1. The van der Waals surface area contributed by atoms with Crippen LogP contribution in [0.25, 0.3) is 11.0 Å². The lowest BCUT2D eigenvalue weighted by molar-refractivity contribution is -0.118. The zero-order chi connectivity index (χ0) is 19.8. The maximum absolute atomic E-state index is 13.0. The Morgan fingerprint density at radius 2 is 2.00 bits per heavy atom. The molecule has 144 valence electrons. The molecular weight excluding hydrogens is 352 g/mol. The van der Waals surface area contributed by atoms with Crippen LogP contribution in [0.15, 0.2) is 35.4 Å². The highest BCUT2D eigenvalue weighted by molar-refractivity contribution is 5.94. The van der Waals surface area contributed by atoms with Gasteiger partial charge >= 0.3 is 0 Å². The van der Waals surface area contributed by atoms with E-state index in [1.807, 2.05) is 38.1 Å². The Balaban J connectivity index is 1.68. The van der Waals surface area contributed by atoms with Crippen molar-refractivity contribution in [3.63, 3.8) is 0 Å². The number of pyridine rings is 1. The Morgan fingerprint density at radius 3 is 2.82 bits per heavy atom. The summed E-state index contributed by atoms with van der Waals surface area (Å²) in [5.74, 6) is -0.247. The molecule has 0 bridgehead atoms. The van der Waals surface area contributed by atoms with Crippen molar-refractivity contribution in [2.75, 3.05) is 5.32 Å². The number of aryl methyl sites for hydroxylation is 3. The van der Waals surface area contributed by atoms with E-state index in [0.29, 0.717) is 11.0 Å². The normalized spacial score (nSPS) is 14.5. The number of rotatable bonds is 3. The van der Waals surface area contributed by atoms with Gasteiger partial charge in [-0.1, -0.05) is 12.1 Å². The fourth-order valence-corrected chi connectivity index (χ4v) is 3.71. The van der Waals surface area contributed by atoms with E-state index in [1.54, 1.807) is 6.92 Å². The first-order valence-corrected chi connectivity index (χ1v) is 9.72. The van der Waals surface area contributed by atoms with Gasteiger partial charge in [-0.05, 0) is 75.3 Å². The van der Waals surface area contributed by atoms with E-state index in [1.165, 1.54) is 10.9 Å². The van der Waals surface area contributed by atoms with Gasteiger partial charge in [-0.15, -0.1) is 0 Å². The molecule has 0 aliphatic heterocycles. The van der Waals surface area contributed by atoms with Crippen LogP contribution in [0.2, 0.25) is 0 Å². The molecule has 4 rings (SSSR count). The number of carbonyl (C=O) groups excluding carboxylic acids is 1. The minimum Gasteiger partial charge on any atom is -0.324 e. The quantitative estimate of drug-likeness (QED) is 0.759. The second kappa shape index (κ2) is 7.19. The third-order valence-electron chi connectivity index (χ3n) is 5.71. The standard InChI is InChI=1S/C22H24N4O2/c1-13-7-6-10-18(14(13)2)25-21(27)15(3)26-12-23-20-17(22(26)28)11-16-8-4-5-9-19(16)24-20/h6-7,10-12,15H,4-5,8-9H2,1-3H3,(H,25,27)/t15-/m0/s1. The number of hydrogen-bond donors (Lipinski definition) is 1. The lowest BCUT2D eigenvalue weighted by Gasteiger charge is -2.18. The molecule has 1 amide bonds. The minimum atomic E-state index is -0.680. The van der Waals surface area contributed by atoms with Gasteiger partial charge < -0.3 is 5.32 Å². The molecule has 1 aromatic carbocycles. The largest absolute Gasteiger partial charge is 0.324 e. The molecular formula is C22H24N4O2. The van der Waals surface area contributed by atoms with Crippen LogP contribution in [0.5, 0.6) is 0 Å². The molecule has 2 aromatic heterocycles. The van der Waals surface area contributed by atoms with Crippen LogP contribution in [-0.4, -0.2) is 20.4 Å². The van der Waals surface area contributed by atoms with Crippen LogP contribution in [0.4, 0.5) is 5.69 Å². The highest BCUT2D eigenvalue weighted by atomic mass is 16.2. The predicted molar refractivity (Wildman–Crippen MR) is 110 cm³/mol. The van der Waals surface area contributed by atoms with Gasteiger partial charge in [0.05, 0.1) is 5.39 Å². The highest BCUT2D eigenvalue weighted by Crippen LogP contribution is 2.22. The van der Waals surface area contributed by atoms with Crippen LogP contribution < -0.4 is 10.9 Å². The van der Waals surface area contributed by atoms with Crippen molar-refractivity contribution in [3.05, 3.63) is 63.3 Å². The Morgan fingerprint density at radius 1 is 1.21 bits per heavy atom. The molecule has 0 unspecified atom stereocenters. The summed E-state index contributed by atoms with van der Waals surface area (Å²) in [5.41, 5.74) is 5.29. The van der Waals surface area contributed by atoms with Crippen molar-refractivity contribution in [2.45, 2.75) is 52.5 Å². The fraction of sp³-hybridized carbons (Fsp3) is 0.364. The average Bonchev–Trinajstić information content (AvgIpc) is 2.70. The molecule has 0 spiro atoms. The van der Waals surface area contributed by atoms with Crippen molar-refractivity contribution in [1.82, 2.24) is 14.5 Å². The molecule has 1 aliphatic rings. The van der Waals surface area contributed by atoms with Gasteiger partial charge in [0.25, 0.3) is 5.56 Å². The van der Waals surface area contributed by atoms with Crippen LogP contribution in [0.3, 0.4) is 0 Å². The summed E-state index contributed by atoms with van der Waals surface area (Å²) < 4.78 is 1.39. The second-order valence-electron chi connectivity index (χ2n) is 7.54. The molecule has 0 saturated heterocycles. The minimum absolute atomic E-state index is 0.227. The zero-order valence-electron chi connectivity index (χ0n) is 16.5. The molecule has 3 aromatic rings.